The largest absolute Gasteiger partial charge is 0.495 e. The number of para-hydroxylation sites is 2. The van der Waals surface area contributed by atoms with E-state index in [4.69, 9.17) is 4.74 Å². The first-order chi connectivity index (χ1) is 16.0. The van der Waals surface area contributed by atoms with Crippen molar-refractivity contribution in [2.24, 2.45) is 5.92 Å². The molecule has 33 heavy (non-hydrogen) atoms. The van der Waals surface area contributed by atoms with Gasteiger partial charge in [0.25, 0.3) is 5.91 Å². The lowest BCUT2D eigenvalue weighted by molar-refractivity contribution is -0.121. The van der Waals surface area contributed by atoms with Gasteiger partial charge in [0.2, 0.25) is 5.91 Å². The Morgan fingerprint density at radius 3 is 2.36 bits per heavy atom. The van der Waals surface area contributed by atoms with Crippen LogP contribution in [0.15, 0.2) is 60.7 Å². The van der Waals surface area contributed by atoms with Crippen LogP contribution in [0.25, 0.3) is 0 Å². The first-order valence-electron chi connectivity index (χ1n) is 11.4. The second kappa shape index (κ2) is 9.94. The SMILES string of the molecule is COc1ccccc1NC(=O)C1CCN(C(=O)c2cc(C)n(Cc3ccccc3)c2C)CC1. The molecule has 6 heteroatoms. The lowest BCUT2D eigenvalue weighted by Gasteiger charge is -2.31. The number of hydrogen-bond acceptors (Lipinski definition) is 3. The quantitative estimate of drug-likeness (QED) is 0.601. The molecule has 4 rings (SSSR count). The summed E-state index contributed by atoms with van der Waals surface area (Å²) in [6.45, 7) is 5.95. The summed E-state index contributed by atoms with van der Waals surface area (Å²) in [5.41, 5.74) is 4.69. The van der Waals surface area contributed by atoms with E-state index in [1.54, 1.807) is 7.11 Å². The molecule has 0 bridgehead atoms. The van der Waals surface area contributed by atoms with Crippen LogP contribution in [0.4, 0.5) is 5.69 Å². The molecule has 2 amide bonds. The number of nitrogens with zero attached hydrogens (tertiary/aromatic N) is 2. The zero-order chi connectivity index (χ0) is 23.4. The van der Waals surface area contributed by atoms with E-state index in [-0.39, 0.29) is 17.7 Å². The number of benzene rings is 2. The average molecular weight is 446 g/mol. The summed E-state index contributed by atoms with van der Waals surface area (Å²) in [5, 5.41) is 2.98. The lowest BCUT2D eigenvalue weighted by atomic mass is 9.95. The van der Waals surface area contributed by atoms with Crippen LogP contribution in [-0.4, -0.2) is 41.5 Å². The minimum Gasteiger partial charge on any atom is -0.495 e. The first kappa shape index (κ1) is 22.6. The van der Waals surface area contributed by atoms with Gasteiger partial charge < -0.3 is 19.5 Å². The van der Waals surface area contributed by atoms with Crippen LogP contribution < -0.4 is 10.1 Å². The maximum Gasteiger partial charge on any atom is 0.255 e. The molecule has 1 aromatic heterocycles. The zero-order valence-corrected chi connectivity index (χ0v) is 19.5. The minimum absolute atomic E-state index is 0.0207. The highest BCUT2D eigenvalue weighted by Gasteiger charge is 2.29. The Balaban J connectivity index is 1.38. The predicted molar refractivity (Wildman–Crippen MR) is 130 cm³/mol. The van der Waals surface area contributed by atoms with Crippen LogP contribution in [0, 0.1) is 19.8 Å². The number of rotatable bonds is 6. The fourth-order valence-corrected chi connectivity index (χ4v) is 4.52. The zero-order valence-electron chi connectivity index (χ0n) is 19.5. The van der Waals surface area contributed by atoms with Crippen molar-refractivity contribution in [3.8, 4) is 5.75 Å². The summed E-state index contributed by atoms with van der Waals surface area (Å²) >= 11 is 0. The molecule has 6 nitrogen and oxygen atoms in total. The van der Waals surface area contributed by atoms with E-state index in [1.807, 2.05) is 67.3 Å². The number of hydrogen-bond donors (Lipinski definition) is 1. The van der Waals surface area contributed by atoms with Gasteiger partial charge in [-0.15, -0.1) is 0 Å². The molecule has 0 saturated carbocycles. The Morgan fingerprint density at radius 1 is 1.00 bits per heavy atom. The van der Waals surface area contributed by atoms with E-state index in [0.717, 1.165) is 23.5 Å². The van der Waals surface area contributed by atoms with E-state index >= 15 is 0 Å². The topological polar surface area (TPSA) is 63.6 Å². The maximum absolute atomic E-state index is 13.3. The average Bonchev–Trinajstić information content (AvgIpc) is 3.13. The molecule has 1 N–H and O–H groups in total. The fraction of sp³-hybridized carbons (Fsp3) is 0.333. The summed E-state index contributed by atoms with van der Waals surface area (Å²) in [4.78, 5) is 27.9. The van der Waals surface area contributed by atoms with Gasteiger partial charge >= 0.3 is 0 Å². The molecule has 0 atom stereocenters. The van der Waals surface area contributed by atoms with Gasteiger partial charge in [-0.2, -0.15) is 0 Å². The number of nitrogens with one attached hydrogen (secondary N) is 1. The van der Waals surface area contributed by atoms with Gasteiger partial charge in [-0.25, -0.2) is 0 Å². The van der Waals surface area contributed by atoms with Gasteiger partial charge in [-0.05, 0) is 50.5 Å². The molecule has 0 aliphatic carbocycles. The van der Waals surface area contributed by atoms with Crippen LogP contribution in [0.1, 0.15) is 40.2 Å². The number of likely N-dealkylation sites (tertiary alicyclic amines) is 1. The van der Waals surface area contributed by atoms with Crippen LogP contribution in [0.3, 0.4) is 0 Å². The number of amides is 2. The van der Waals surface area contributed by atoms with E-state index in [1.165, 1.54) is 5.56 Å². The van der Waals surface area contributed by atoms with E-state index in [9.17, 15) is 9.59 Å². The Hall–Kier alpha value is -3.54. The number of aromatic nitrogens is 1. The van der Waals surface area contributed by atoms with Crippen molar-refractivity contribution >= 4 is 17.5 Å². The molecule has 0 unspecified atom stereocenters. The maximum atomic E-state index is 13.3. The number of carbonyl (C=O) groups excluding carboxylic acids is 2. The van der Waals surface area contributed by atoms with Gasteiger partial charge in [0.1, 0.15) is 5.75 Å². The monoisotopic (exact) mass is 445 g/mol. The van der Waals surface area contributed by atoms with Crippen molar-refractivity contribution in [3.05, 3.63) is 83.2 Å². The summed E-state index contributed by atoms with van der Waals surface area (Å²) in [5.74, 6) is 0.549. The number of ether oxygens (including phenoxy) is 1. The third kappa shape index (κ3) is 4.95. The molecule has 0 radical (unpaired) electrons. The Labute approximate surface area is 195 Å². The van der Waals surface area contributed by atoms with E-state index in [2.05, 4.69) is 22.0 Å². The summed E-state index contributed by atoms with van der Waals surface area (Å²) in [6, 6.07) is 19.7. The number of aryl methyl sites for hydroxylation is 1. The van der Waals surface area contributed by atoms with Gasteiger partial charge in [0, 0.05) is 36.9 Å². The number of piperidine rings is 1. The van der Waals surface area contributed by atoms with Gasteiger partial charge in [0.15, 0.2) is 0 Å². The van der Waals surface area contributed by atoms with Gasteiger partial charge in [-0.3, -0.25) is 9.59 Å². The molecular weight excluding hydrogens is 414 g/mol. The second-order valence-electron chi connectivity index (χ2n) is 8.61. The van der Waals surface area contributed by atoms with Crippen LogP contribution in [0.5, 0.6) is 5.75 Å². The Kier molecular flexibility index (Phi) is 6.82. The van der Waals surface area contributed by atoms with Crippen molar-refractivity contribution in [2.45, 2.75) is 33.2 Å². The second-order valence-corrected chi connectivity index (χ2v) is 8.61. The predicted octanol–water partition coefficient (Wildman–Crippen LogP) is 4.65. The van der Waals surface area contributed by atoms with Crippen molar-refractivity contribution in [3.63, 3.8) is 0 Å². The molecule has 1 saturated heterocycles. The molecule has 1 aliphatic heterocycles. The molecule has 1 aliphatic rings. The molecule has 0 spiro atoms. The van der Waals surface area contributed by atoms with Crippen molar-refractivity contribution in [1.29, 1.82) is 0 Å². The van der Waals surface area contributed by atoms with Crippen LogP contribution in [0.2, 0.25) is 0 Å². The smallest absolute Gasteiger partial charge is 0.255 e. The third-order valence-electron chi connectivity index (χ3n) is 6.51. The van der Waals surface area contributed by atoms with Gasteiger partial charge in [-0.1, -0.05) is 42.5 Å². The lowest BCUT2D eigenvalue weighted by Crippen LogP contribution is -2.41. The van der Waals surface area contributed by atoms with Crippen molar-refractivity contribution in [2.75, 3.05) is 25.5 Å². The summed E-state index contributed by atoms with van der Waals surface area (Å²) in [7, 11) is 1.59. The van der Waals surface area contributed by atoms with Crippen LogP contribution >= 0.6 is 0 Å². The number of carbonyl (C=O) groups is 2. The molecule has 172 valence electrons. The molecule has 2 heterocycles. The molecular formula is C27H31N3O3. The normalized spacial score (nSPS) is 14.2. The minimum atomic E-state index is -0.121. The van der Waals surface area contributed by atoms with Crippen molar-refractivity contribution in [1.82, 2.24) is 9.47 Å². The Bertz CT molecular complexity index is 1130. The fourth-order valence-electron chi connectivity index (χ4n) is 4.52. The summed E-state index contributed by atoms with van der Waals surface area (Å²) < 4.78 is 7.51. The van der Waals surface area contributed by atoms with Gasteiger partial charge in [0.05, 0.1) is 18.4 Å². The van der Waals surface area contributed by atoms with E-state index < -0.39 is 0 Å². The standard InChI is InChI=1S/C27H31N3O3/c1-19-17-23(20(2)30(19)18-21-9-5-4-6-10-21)27(32)29-15-13-22(14-16-29)26(31)28-24-11-7-8-12-25(24)33-3/h4-12,17,22H,13-16,18H2,1-3H3,(H,28,31). The molecule has 3 aromatic rings. The number of anilines is 1. The first-order valence-corrected chi connectivity index (χ1v) is 11.4. The third-order valence-corrected chi connectivity index (χ3v) is 6.51. The molecule has 2 aromatic carbocycles. The van der Waals surface area contributed by atoms with Crippen molar-refractivity contribution < 1.29 is 14.3 Å². The Morgan fingerprint density at radius 2 is 1.67 bits per heavy atom. The summed E-state index contributed by atoms with van der Waals surface area (Å²) in [6.07, 6.45) is 1.30. The highest BCUT2D eigenvalue weighted by atomic mass is 16.5. The molecule has 1 fully saturated rings. The number of methoxy groups -OCH3 is 1. The van der Waals surface area contributed by atoms with E-state index in [0.29, 0.717) is 37.4 Å². The highest BCUT2D eigenvalue weighted by Crippen LogP contribution is 2.27. The van der Waals surface area contributed by atoms with Crippen LogP contribution in [-0.2, 0) is 11.3 Å². The highest BCUT2D eigenvalue weighted by molar-refractivity contribution is 5.97.